The molecule has 0 aliphatic rings. The van der Waals surface area contributed by atoms with Crippen LogP contribution in [0.2, 0.25) is 0 Å². The van der Waals surface area contributed by atoms with Crippen LogP contribution in [0, 0.1) is 17.0 Å². The smallest absolute Gasteiger partial charge is 0.265 e. The zero-order valence-electron chi connectivity index (χ0n) is 8.83. The van der Waals surface area contributed by atoms with Crippen molar-refractivity contribution in [3.05, 3.63) is 57.9 Å². The quantitative estimate of drug-likeness (QED) is 0.584. The highest BCUT2D eigenvalue weighted by molar-refractivity contribution is 5.32. The first kappa shape index (κ1) is 10.4. The monoisotopic (exact) mass is 217 g/mol. The number of nitrogens with zero attached hydrogens (tertiary/aromatic N) is 3. The van der Waals surface area contributed by atoms with Crippen LogP contribution < -0.4 is 0 Å². The lowest BCUT2D eigenvalue weighted by Crippen LogP contribution is -2.03. The van der Waals surface area contributed by atoms with Gasteiger partial charge in [0, 0.05) is 24.0 Å². The average Bonchev–Trinajstić information content (AvgIpc) is 2.65. The highest BCUT2D eigenvalue weighted by atomic mass is 16.6. The van der Waals surface area contributed by atoms with E-state index >= 15 is 0 Å². The van der Waals surface area contributed by atoms with E-state index in [0.29, 0.717) is 6.54 Å². The van der Waals surface area contributed by atoms with Gasteiger partial charge in [-0.1, -0.05) is 12.1 Å². The van der Waals surface area contributed by atoms with Crippen LogP contribution in [0.1, 0.15) is 11.3 Å². The Balaban J connectivity index is 2.17. The molecule has 82 valence electrons. The van der Waals surface area contributed by atoms with Crippen molar-refractivity contribution in [2.75, 3.05) is 0 Å². The van der Waals surface area contributed by atoms with Crippen molar-refractivity contribution >= 4 is 5.69 Å². The lowest BCUT2D eigenvalue weighted by molar-refractivity contribution is -0.384. The van der Waals surface area contributed by atoms with E-state index in [0.717, 1.165) is 11.3 Å². The van der Waals surface area contributed by atoms with Crippen molar-refractivity contribution in [1.29, 1.82) is 0 Å². The molecular weight excluding hydrogens is 206 g/mol. The second-order valence-corrected chi connectivity index (χ2v) is 3.55. The minimum atomic E-state index is -0.400. The average molecular weight is 217 g/mol. The second kappa shape index (κ2) is 4.14. The summed E-state index contributed by atoms with van der Waals surface area (Å²) in [4.78, 5) is 10.1. The number of rotatable bonds is 3. The minimum Gasteiger partial charge on any atom is -0.265 e. The number of hydrogen-bond donors (Lipinski definition) is 0. The lowest BCUT2D eigenvalue weighted by Gasteiger charge is -2.03. The van der Waals surface area contributed by atoms with E-state index in [1.807, 2.05) is 17.7 Å². The largest absolute Gasteiger partial charge is 0.269 e. The molecule has 16 heavy (non-hydrogen) atoms. The maximum absolute atomic E-state index is 10.5. The van der Waals surface area contributed by atoms with Gasteiger partial charge in [-0.05, 0) is 18.6 Å². The zero-order chi connectivity index (χ0) is 11.5. The van der Waals surface area contributed by atoms with Crippen LogP contribution >= 0.6 is 0 Å². The Labute approximate surface area is 92.5 Å². The second-order valence-electron chi connectivity index (χ2n) is 3.55. The molecule has 0 amide bonds. The number of nitro groups is 1. The number of hydrogen-bond acceptors (Lipinski definition) is 3. The molecule has 0 saturated carbocycles. The molecule has 0 atom stereocenters. The Hall–Kier alpha value is -2.17. The molecule has 0 radical (unpaired) electrons. The molecule has 0 spiro atoms. The summed E-state index contributed by atoms with van der Waals surface area (Å²) in [6.07, 6.45) is 1.74. The van der Waals surface area contributed by atoms with E-state index in [2.05, 4.69) is 5.10 Å². The number of aryl methyl sites for hydroxylation is 1. The van der Waals surface area contributed by atoms with E-state index in [4.69, 9.17) is 0 Å². The van der Waals surface area contributed by atoms with E-state index in [1.165, 1.54) is 12.1 Å². The van der Waals surface area contributed by atoms with Gasteiger partial charge < -0.3 is 0 Å². The van der Waals surface area contributed by atoms with Crippen molar-refractivity contribution in [2.45, 2.75) is 13.5 Å². The van der Waals surface area contributed by atoms with E-state index < -0.39 is 4.92 Å². The van der Waals surface area contributed by atoms with Crippen molar-refractivity contribution in [3.63, 3.8) is 0 Å². The van der Waals surface area contributed by atoms with Crippen molar-refractivity contribution in [2.24, 2.45) is 0 Å². The van der Waals surface area contributed by atoms with Crippen LogP contribution in [0.25, 0.3) is 0 Å². The van der Waals surface area contributed by atoms with Crippen LogP contribution in [0.3, 0.4) is 0 Å². The lowest BCUT2D eigenvalue weighted by atomic mass is 10.2. The van der Waals surface area contributed by atoms with E-state index in [1.54, 1.807) is 18.3 Å². The molecule has 0 aliphatic heterocycles. The molecule has 1 aromatic carbocycles. The summed E-state index contributed by atoms with van der Waals surface area (Å²) in [7, 11) is 0. The SMILES string of the molecule is Cc1ccnn1Cc1ccc([N+](=O)[O-])cc1. The molecule has 2 aromatic rings. The normalized spacial score (nSPS) is 10.3. The van der Waals surface area contributed by atoms with Crippen LogP contribution in [0.15, 0.2) is 36.5 Å². The Morgan fingerprint density at radius 3 is 2.50 bits per heavy atom. The van der Waals surface area contributed by atoms with Gasteiger partial charge in [-0.25, -0.2) is 0 Å². The maximum Gasteiger partial charge on any atom is 0.269 e. The molecule has 0 bridgehead atoms. The summed E-state index contributed by atoms with van der Waals surface area (Å²) in [5.74, 6) is 0. The summed E-state index contributed by atoms with van der Waals surface area (Å²) < 4.78 is 1.85. The summed E-state index contributed by atoms with van der Waals surface area (Å²) in [6, 6.07) is 8.44. The predicted molar refractivity (Wildman–Crippen MR) is 59.2 cm³/mol. The molecular formula is C11H11N3O2. The van der Waals surface area contributed by atoms with Gasteiger partial charge in [0.2, 0.25) is 0 Å². The van der Waals surface area contributed by atoms with Crippen LogP contribution in [-0.2, 0) is 6.54 Å². The van der Waals surface area contributed by atoms with Crippen molar-refractivity contribution in [1.82, 2.24) is 9.78 Å². The Morgan fingerprint density at radius 2 is 2.00 bits per heavy atom. The highest BCUT2D eigenvalue weighted by Gasteiger charge is 2.04. The first-order valence-corrected chi connectivity index (χ1v) is 4.88. The van der Waals surface area contributed by atoms with Gasteiger partial charge in [-0.15, -0.1) is 0 Å². The fraction of sp³-hybridized carbons (Fsp3) is 0.182. The molecule has 0 fully saturated rings. The Kier molecular flexibility index (Phi) is 2.68. The fourth-order valence-corrected chi connectivity index (χ4v) is 1.46. The van der Waals surface area contributed by atoms with Gasteiger partial charge in [-0.2, -0.15) is 5.10 Å². The highest BCUT2D eigenvalue weighted by Crippen LogP contribution is 2.13. The molecule has 0 unspecified atom stereocenters. The minimum absolute atomic E-state index is 0.112. The van der Waals surface area contributed by atoms with Crippen LogP contribution in [-0.4, -0.2) is 14.7 Å². The molecule has 0 N–H and O–H groups in total. The third kappa shape index (κ3) is 2.08. The molecule has 0 aliphatic carbocycles. The molecule has 1 heterocycles. The van der Waals surface area contributed by atoms with Crippen LogP contribution in [0.4, 0.5) is 5.69 Å². The third-order valence-corrected chi connectivity index (χ3v) is 2.41. The predicted octanol–water partition coefficient (Wildman–Crippen LogP) is 2.15. The van der Waals surface area contributed by atoms with Gasteiger partial charge in [0.05, 0.1) is 11.5 Å². The van der Waals surface area contributed by atoms with Crippen molar-refractivity contribution < 1.29 is 4.92 Å². The first-order valence-electron chi connectivity index (χ1n) is 4.88. The van der Waals surface area contributed by atoms with Crippen molar-refractivity contribution in [3.8, 4) is 0 Å². The summed E-state index contributed by atoms with van der Waals surface area (Å²) >= 11 is 0. The molecule has 2 rings (SSSR count). The number of benzene rings is 1. The molecule has 5 nitrogen and oxygen atoms in total. The van der Waals surface area contributed by atoms with Gasteiger partial charge in [0.25, 0.3) is 5.69 Å². The van der Waals surface area contributed by atoms with Gasteiger partial charge in [0.1, 0.15) is 0 Å². The number of aromatic nitrogens is 2. The Bertz CT molecular complexity index is 502. The summed E-state index contributed by atoms with van der Waals surface area (Å²) in [5, 5.41) is 14.6. The van der Waals surface area contributed by atoms with E-state index in [9.17, 15) is 10.1 Å². The summed E-state index contributed by atoms with van der Waals surface area (Å²) in [6.45, 7) is 2.61. The van der Waals surface area contributed by atoms with Crippen LogP contribution in [0.5, 0.6) is 0 Å². The van der Waals surface area contributed by atoms with Gasteiger partial charge in [-0.3, -0.25) is 14.8 Å². The standard InChI is InChI=1S/C11H11N3O2/c1-9-6-7-12-13(9)8-10-2-4-11(5-3-10)14(15)16/h2-7H,8H2,1H3. The summed E-state index contributed by atoms with van der Waals surface area (Å²) in [5.41, 5.74) is 2.18. The third-order valence-electron chi connectivity index (χ3n) is 2.41. The van der Waals surface area contributed by atoms with Gasteiger partial charge >= 0.3 is 0 Å². The Morgan fingerprint density at radius 1 is 1.31 bits per heavy atom. The molecule has 0 saturated heterocycles. The molecule has 5 heteroatoms. The van der Waals surface area contributed by atoms with E-state index in [-0.39, 0.29) is 5.69 Å². The molecule has 1 aromatic heterocycles. The zero-order valence-corrected chi connectivity index (χ0v) is 8.83. The number of nitro benzene ring substituents is 1. The fourth-order valence-electron chi connectivity index (χ4n) is 1.46. The topological polar surface area (TPSA) is 61.0 Å². The number of non-ortho nitro benzene ring substituents is 1. The first-order chi connectivity index (χ1) is 7.66. The van der Waals surface area contributed by atoms with Gasteiger partial charge in [0.15, 0.2) is 0 Å². The maximum atomic E-state index is 10.5.